The SMILES string of the molecule is COc1ccc(C(=O)CC(F)F)cc1OC. The van der Waals surface area contributed by atoms with E-state index >= 15 is 0 Å². The fraction of sp³-hybridized carbons (Fsp3) is 0.364. The molecule has 0 fully saturated rings. The minimum absolute atomic E-state index is 0.193. The molecule has 0 saturated carbocycles. The van der Waals surface area contributed by atoms with Crippen molar-refractivity contribution in [2.45, 2.75) is 12.8 Å². The minimum atomic E-state index is -2.64. The second-order valence-electron chi connectivity index (χ2n) is 3.09. The van der Waals surface area contributed by atoms with Crippen LogP contribution < -0.4 is 9.47 Å². The van der Waals surface area contributed by atoms with Crippen molar-refractivity contribution in [3.8, 4) is 11.5 Å². The standard InChI is InChI=1S/C11H12F2O3/c1-15-9-4-3-7(5-10(9)16-2)8(14)6-11(12)13/h3-5,11H,6H2,1-2H3. The summed E-state index contributed by atoms with van der Waals surface area (Å²) in [6, 6.07) is 4.34. The molecule has 0 saturated heterocycles. The van der Waals surface area contributed by atoms with E-state index in [1.807, 2.05) is 0 Å². The summed E-state index contributed by atoms with van der Waals surface area (Å²) in [6.07, 6.45) is -3.42. The molecule has 0 unspecified atom stereocenters. The van der Waals surface area contributed by atoms with E-state index in [1.54, 1.807) is 0 Å². The maximum absolute atomic E-state index is 12.0. The van der Waals surface area contributed by atoms with Gasteiger partial charge in [-0.3, -0.25) is 4.79 Å². The molecule has 0 aliphatic rings. The van der Waals surface area contributed by atoms with E-state index in [4.69, 9.17) is 9.47 Å². The van der Waals surface area contributed by atoms with E-state index in [9.17, 15) is 13.6 Å². The highest BCUT2D eigenvalue weighted by Gasteiger charge is 2.15. The summed E-state index contributed by atoms with van der Waals surface area (Å²) in [7, 11) is 2.87. The van der Waals surface area contributed by atoms with E-state index < -0.39 is 18.6 Å². The number of benzene rings is 1. The van der Waals surface area contributed by atoms with Gasteiger partial charge in [0.1, 0.15) is 0 Å². The molecule has 1 rings (SSSR count). The Hall–Kier alpha value is -1.65. The van der Waals surface area contributed by atoms with Gasteiger partial charge in [0.25, 0.3) is 0 Å². The number of halogens is 2. The molecule has 0 bridgehead atoms. The van der Waals surface area contributed by atoms with Crippen molar-refractivity contribution in [1.29, 1.82) is 0 Å². The van der Waals surface area contributed by atoms with Crippen LogP contribution in [0.15, 0.2) is 18.2 Å². The van der Waals surface area contributed by atoms with Gasteiger partial charge in [-0.05, 0) is 18.2 Å². The highest BCUT2D eigenvalue weighted by Crippen LogP contribution is 2.28. The topological polar surface area (TPSA) is 35.5 Å². The lowest BCUT2D eigenvalue weighted by molar-refractivity contribution is 0.0829. The number of rotatable bonds is 5. The molecular weight excluding hydrogens is 218 g/mol. The lowest BCUT2D eigenvalue weighted by Crippen LogP contribution is -2.05. The zero-order chi connectivity index (χ0) is 12.1. The van der Waals surface area contributed by atoms with Gasteiger partial charge in [-0.25, -0.2) is 8.78 Å². The van der Waals surface area contributed by atoms with Crippen molar-refractivity contribution in [1.82, 2.24) is 0 Å². The summed E-state index contributed by atoms with van der Waals surface area (Å²) >= 11 is 0. The van der Waals surface area contributed by atoms with Gasteiger partial charge in [0.15, 0.2) is 17.3 Å². The van der Waals surface area contributed by atoms with Crippen molar-refractivity contribution in [3.05, 3.63) is 23.8 Å². The minimum Gasteiger partial charge on any atom is -0.493 e. The lowest BCUT2D eigenvalue weighted by atomic mass is 10.1. The highest BCUT2D eigenvalue weighted by molar-refractivity contribution is 5.96. The number of hydrogen-bond acceptors (Lipinski definition) is 3. The third kappa shape index (κ3) is 2.92. The number of methoxy groups -OCH3 is 2. The maximum Gasteiger partial charge on any atom is 0.245 e. The van der Waals surface area contributed by atoms with E-state index in [0.29, 0.717) is 11.5 Å². The second kappa shape index (κ2) is 5.44. The van der Waals surface area contributed by atoms with E-state index in [2.05, 4.69) is 0 Å². The van der Waals surface area contributed by atoms with Crippen LogP contribution in [-0.2, 0) is 0 Å². The number of hydrogen-bond donors (Lipinski definition) is 0. The molecule has 0 aromatic heterocycles. The molecule has 0 amide bonds. The molecule has 0 aliphatic heterocycles. The fourth-order valence-corrected chi connectivity index (χ4v) is 1.27. The predicted molar refractivity (Wildman–Crippen MR) is 54.5 cm³/mol. The van der Waals surface area contributed by atoms with Gasteiger partial charge in [0, 0.05) is 5.56 Å². The smallest absolute Gasteiger partial charge is 0.245 e. The number of carbonyl (C=O) groups excluding carboxylic acids is 1. The van der Waals surface area contributed by atoms with Crippen LogP contribution in [0.25, 0.3) is 0 Å². The first-order chi connectivity index (χ1) is 7.58. The Labute approximate surface area is 92.0 Å². The maximum atomic E-state index is 12.0. The van der Waals surface area contributed by atoms with Crippen molar-refractivity contribution in [3.63, 3.8) is 0 Å². The number of ketones is 1. The van der Waals surface area contributed by atoms with Crippen LogP contribution in [-0.4, -0.2) is 26.4 Å². The Morgan fingerprint density at radius 3 is 2.38 bits per heavy atom. The Morgan fingerprint density at radius 1 is 1.25 bits per heavy atom. The molecule has 88 valence electrons. The molecule has 0 atom stereocenters. The first kappa shape index (κ1) is 12.4. The molecule has 0 N–H and O–H groups in total. The Morgan fingerprint density at radius 2 is 1.88 bits per heavy atom. The van der Waals surface area contributed by atoms with Crippen LogP contribution in [0, 0.1) is 0 Å². The van der Waals surface area contributed by atoms with Crippen LogP contribution in [0.3, 0.4) is 0 Å². The molecule has 5 heteroatoms. The lowest BCUT2D eigenvalue weighted by Gasteiger charge is -2.08. The summed E-state index contributed by atoms with van der Waals surface area (Å²) in [4.78, 5) is 11.3. The third-order valence-corrected chi connectivity index (χ3v) is 2.05. The van der Waals surface area contributed by atoms with Crippen molar-refractivity contribution < 1.29 is 23.0 Å². The number of ether oxygens (including phenoxy) is 2. The average Bonchev–Trinajstić information content (AvgIpc) is 2.27. The molecule has 3 nitrogen and oxygen atoms in total. The summed E-state index contributed by atoms with van der Waals surface area (Å²) < 4.78 is 34.0. The van der Waals surface area contributed by atoms with Gasteiger partial charge >= 0.3 is 0 Å². The summed E-state index contributed by atoms with van der Waals surface area (Å²) in [5.74, 6) is 0.190. The number of carbonyl (C=O) groups is 1. The van der Waals surface area contributed by atoms with Crippen LogP contribution in [0.2, 0.25) is 0 Å². The van der Waals surface area contributed by atoms with Crippen molar-refractivity contribution in [2.24, 2.45) is 0 Å². The fourth-order valence-electron chi connectivity index (χ4n) is 1.27. The first-order valence-corrected chi connectivity index (χ1v) is 4.62. The van der Waals surface area contributed by atoms with Crippen LogP contribution in [0.5, 0.6) is 11.5 Å². The Kier molecular flexibility index (Phi) is 4.22. The predicted octanol–water partition coefficient (Wildman–Crippen LogP) is 2.54. The molecule has 0 radical (unpaired) electrons. The largest absolute Gasteiger partial charge is 0.493 e. The van der Waals surface area contributed by atoms with Gasteiger partial charge in [-0.1, -0.05) is 0 Å². The van der Waals surface area contributed by atoms with Crippen LogP contribution in [0.4, 0.5) is 8.78 Å². The number of Topliss-reactive ketones (excluding diaryl/α,β-unsaturated/α-hetero) is 1. The Bertz CT molecular complexity index is 377. The highest BCUT2D eigenvalue weighted by atomic mass is 19.3. The van der Waals surface area contributed by atoms with Gasteiger partial charge in [-0.15, -0.1) is 0 Å². The number of alkyl halides is 2. The summed E-state index contributed by atoms with van der Waals surface area (Å²) in [5.41, 5.74) is 0.193. The monoisotopic (exact) mass is 230 g/mol. The van der Waals surface area contributed by atoms with E-state index in [1.165, 1.54) is 32.4 Å². The third-order valence-electron chi connectivity index (χ3n) is 2.05. The molecule has 1 aromatic carbocycles. The summed E-state index contributed by atoms with van der Waals surface area (Å²) in [6.45, 7) is 0. The van der Waals surface area contributed by atoms with Crippen molar-refractivity contribution >= 4 is 5.78 Å². The molecule has 0 aliphatic carbocycles. The molecule has 1 aromatic rings. The van der Waals surface area contributed by atoms with Gasteiger partial charge < -0.3 is 9.47 Å². The summed E-state index contributed by atoms with van der Waals surface area (Å²) in [5, 5.41) is 0. The quantitative estimate of drug-likeness (QED) is 0.729. The zero-order valence-corrected chi connectivity index (χ0v) is 9.00. The molecular formula is C11H12F2O3. The average molecular weight is 230 g/mol. The zero-order valence-electron chi connectivity index (χ0n) is 9.00. The van der Waals surface area contributed by atoms with Crippen LogP contribution in [0.1, 0.15) is 16.8 Å². The normalized spacial score (nSPS) is 10.3. The van der Waals surface area contributed by atoms with E-state index in [-0.39, 0.29) is 5.56 Å². The van der Waals surface area contributed by atoms with Gasteiger partial charge in [0.05, 0.1) is 20.6 Å². The molecule has 0 spiro atoms. The van der Waals surface area contributed by atoms with E-state index in [0.717, 1.165) is 0 Å². The van der Waals surface area contributed by atoms with Crippen LogP contribution >= 0.6 is 0 Å². The van der Waals surface area contributed by atoms with Crippen molar-refractivity contribution in [2.75, 3.05) is 14.2 Å². The molecule has 0 heterocycles. The first-order valence-electron chi connectivity index (χ1n) is 4.62. The van der Waals surface area contributed by atoms with Gasteiger partial charge in [-0.2, -0.15) is 0 Å². The molecule has 16 heavy (non-hydrogen) atoms. The van der Waals surface area contributed by atoms with Gasteiger partial charge in [0.2, 0.25) is 6.43 Å². The second-order valence-corrected chi connectivity index (χ2v) is 3.09. The Balaban J connectivity index is 2.94.